The molecule has 0 radical (unpaired) electrons. The van der Waals surface area contributed by atoms with Crippen molar-refractivity contribution in [3.63, 3.8) is 0 Å². The zero-order valence-electron chi connectivity index (χ0n) is 15.3. The standard InChI is InChI=1S/C8H20OSi.C6H18OSi2/c1-6-10(9,7-2)8(3,4)5;1-8(2,3)7-9(4,5)6/h9H,6-7H2,1-5H3;1-6H3. The summed E-state index contributed by atoms with van der Waals surface area (Å²) < 4.78 is 5.90. The molecule has 5 heteroatoms. The summed E-state index contributed by atoms with van der Waals surface area (Å²) in [5.41, 5.74) is 0. The maximum Gasteiger partial charge on any atom is 0.193 e. The molecule has 0 aromatic heterocycles. The van der Waals surface area contributed by atoms with E-state index >= 15 is 0 Å². The molecule has 0 atom stereocenters. The molecule has 0 aliphatic heterocycles. The van der Waals surface area contributed by atoms with Gasteiger partial charge < -0.3 is 8.91 Å². The van der Waals surface area contributed by atoms with Gasteiger partial charge in [-0.25, -0.2) is 0 Å². The average molecular weight is 323 g/mol. The Balaban J connectivity index is 0. The molecule has 0 aliphatic carbocycles. The van der Waals surface area contributed by atoms with Crippen LogP contribution in [0.25, 0.3) is 0 Å². The fourth-order valence-electron chi connectivity index (χ4n) is 2.23. The smallest absolute Gasteiger partial charge is 0.193 e. The lowest BCUT2D eigenvalue weighted by molar-refractivity contribution is 0.468. The minimum atomic E-state index is -1.90. The molecule has 0 rings (SSSR count). The van der Waals surface area contributed by atoms with Crippen LogP contribution in [-0.4, -0.2) is 29.7 Å². The minimum Gasteiger partial charge on any atom is -0.456 e. The predicted molar refractivity (Wildman–Crippen MR) is 96.4 cm³/mol. The second-order valence-electron chi connectivity index (χ2n) is 8.32. The van der Waals surface area contributed by atoms with Gasteiger partial charge in [0.2, 0.25) is 0 Å². The van der Waals surface area contributed by atoms with Crippen molar-refractivity contribution >= 4 is 25.0 Å². The molecular weight excluding hydrogens is 284 g/mol. The fraction of sp³-hybridized carbons (Fsp3) is 1.00. The van der Waals surface area contributed by atoms with Crippen LogP contribution >= 0.6 is 0 Å². The lowest BCUT2D eigenvalue weighted by Crippen LogP contribution is -2.42. The summed E-state index contributed by atoms with van der Waals surface area (Å²) in [4.78, 5) is 10.1. The third-order valence-electron chi connectivity index (χ3n) is 3.18. The summed E-state index contributed by atoms with van der Waals surface area (Å²) in [5, 5.41) is 0.149. The Hall–Kier alpha value is 0.571. The van der Waals surface area contributed by atoms with Crippen LogP contribution in [0.1, 0.15) is 34.6 Å². The van der Waals surface area contributed by atoms with Gasteiger partial charge in [-0.2, -0.15) is 0 Å². The highest BCUT2D eigenvalue weighted by molar-refractivity contribution is 6.83. The summed E-state index contributed by atoms with van der Waals surface area (Å²) in [6.07, 6.45) is 0. The molecule has 0 aliphatic rings. The maximum atomic E-state index is 10.1. The second-order valence-corrected chi connectivity index (χ2v) is 22.6. The van der Waals surface area contributed by atoms with Crippen LogP contribution in [0, 0.1) is 0 Å². The van der Waals surface area contributed by atoms with Crippen molar-refractivity contribution in [1.29, 1.82) is 0 Å². The predicted octanol–water partition coefficient (Wildman–Crippen LogP) is 5.44. The van der Waals surface area contributed by atoms with Crippen molar-refractivity contribution in [2.45, 2.75) is 91.0 Å². The molecule has 0 aromatic carbocycles. The van der Waals surface area contributed by atoms with E-state index in [4.69, 9.17) is 4.12 Å². The van der Waals surface area contributed by atoms with Gasteiger partial charge in [-0.15, -0.1) is 0 Å². The molecule has 0 aromatic rings. The molecule has 0 fully saturated rings. The Morgan fingerprint density at radius 2 is 1.05 bits per heavy atom. The van der Waals surface area contributed by atoms with E-state index in [0.29, 0.717) is 0 Å². The normalized spacial score (nSPS) is 13.9. The topological polar surface area (TPSA) is 29.5 Å². The van der Waals surface area contributed by atoms with E-state index in [1.54, 1.807) is 0 Å². The molecule has 0 spiro atoms. The first-order valence-corrected chi connectivity index (χ1v) is 16.7. The zero-order chi connectivity index (χ0) is 16.1. The van der Waals surface area contributed by atoms with Crippen LogP contribution in [0.3, 0.4) is 0 Å². The Bertz CT molecular complexity index is 231. The van der Waals surface area contributed by atoms with Crippen LogP contribution in [0.4, 0.5) is 0 Å². The Morgan fingerprint density at radius 3 is 1.05 bits per heavy atom. The third-order valence-corrected chi connectivity index (χ3v) is 13.2. The van der Waals surface area contributed by atoms with Gasteiger partial charge in [0.25, 0.3) is 0 Å². The van der Waals surface area contributed by atoms with Gasteiger partial charge in [-0.1, -0.05) is 34.6 Å². The molecular formula is C14H38O2Si3. The molecule has 118 valence electrons. The molecule has 19 heavy (non-hydrogen) atoms. The SMILES string of the molecule is CC[Si](O)(CC)C(C)(C)C.C[Si](C)(C)O[Si](C)(C)C. The van der Waals surface area contributed by atoms with Gasteiger partial charge in [0, 0.05) is 0 Å². The number of rotatable bonds is 4. The van der Waals surface area contributed by atoms with E-state index in [1.807, 2.05) is 0 Å². The molecule has 0 saturated heterocycles. The van der Waals surface area contributed by atoms with Crippen LogP contribution in [0.5, 0.6) is 0 Å². The number of hydrogen-bond acceptors (Lipinski definition) is 2. The van der Waals surface area contributed by atoms with Crippen molar-refractivity contribution < 1.29 is 8.91 Å². The second kappa shape index (κ2) is 7.54. The zero-order valence-corrected chi connectivity index (χ0v) is 18.3. The highest BCUT2D eigenvalue weighted by Gasteiger charge is 2.39. The Labute approximate surface area is 125 Å². The summed E-state index contributed by atoms with van der Waals surface area (Å²) >= 11 is 0. The maximum absolute atomic E-state index is 10.1. The van der Waals surface area contributed by atoms with Crippen molar-refractivity contribution in [2.75, 3.05) is 0 Å². The van der Waals surface area contributed by atoms with E-state index in [1.165, 1.54) is 0 Å². The van der Waals surface area contributed by atoms with Crippen LogP contribution < -0.4 is 0 Å². The molecule has 0 saturated carbocycles. The third kappa shape index (κ3) is 11.0. The largest absolute Gasteiger partial charge is 0.456 e. The molecule has 0 heterocycles. The molecule has 0 unspecified atom stereocenters. The lowest BCUT2D eigenvalue weighted by Gasteiger charge is -2.36. The Kier molecular flexibility index (Phi) is 8.68. The first kappa shape index (κ1) is 21.9. The van der Waals surface area contributed by atoms with Gasteiger partial charge in [-0.3, -0.25) is 0 Å². The molecule has 0 bridgehead atoms. The minimum absolute atomic E-state index is 0.149. The van der Waals surface area contributed by atoms with Gasteiger partial charge in [0.1, 0.15) is 0 Å². The van der Waals surface area contributed by atoms with E-state index in [0.717, 1.165) is 12.1 Å². The summed E-state index contributed by atoms with van der Waals surface area (Å²) in [5.74, 6) is 0. The van der Waals surface area contributed by atoms with Gasteiger partial charge in [0.15, 0.2) is 25.0 Å². The van der Waals surface area contributed by atoms with Crippen LogP contribution in [0.2, 0.25) is 56.4 Å². The van der Waals surface area contributed by atoms with Crippen molar-refractivity contribution in [3.8, 4) is 0 Å². The summed E-state index contributed by atoms with van der Waals surface area (Å²) in [7, 11) is -4.36. The number of hydrogen-bond donors (Lipinski definition) is 1. The van der Waals surface area contributed by atoms with Crippen molar-refractivity contribution in [2.24, 2.45) is 0 Å². The van der Waals surface area contributed by atoms with Crippen LogP contribution in [-0.2, 0) is 4.12 Å². The van der Waals surface area contributed by atoms with Crippen molar-refractivity contribution in [3.05, 3.63) is 0 Å². The first-order chi connectivity index (χ1) is 8.08. The lowest BCUT2D eigenvalue weighted by atomic mass is 10.2. The van der Waals surface area contributed by atoms with E-state index in [-0.39, 0.29) is 5.04 Å². The van der Waals surface area contributed by atoms with Gasteiger partial charge >= 0.3 is 0 Å². The molecule has 1 N–H and O–H groups in total. The van der Waals surface area contributed by atoms with Gasteiger partial charge in [-0.05, 0) is 56.4 Å². The van der Waals surface area contributed by atoms with E-state index < -0.39 is 25.0 Å². The quantitative estimate of drug-likeness (QED) is 0.699. The monoisotopic (exact) mass is 322 g/mol. The van der Waals surface area contributed by atoms with Gasteiger partial charge in [0.05, 0.1) is 0 Å². The van der Waals surface area contributed by atoms with E-state index in [9.17, 15) is 4.80 Å². The first-order valence-electron chi connectivity index (χ1n) is 7.50. The van der Waals surface area contributed by atoms with E-state index in [2.05, 4.69) is 73.9 Å². The summed E-state index contributed by atoms with van der Waals surface area (Å²) in [6, 6.07) is 1.96. The summed E-state index contributed by atoms with van der Waals surface area (Å²) in [6.45, 7) is 24.1. The average Bonchev–Trinajstić information content (AvgIpc) is 2.09. The van der Waals surface area contributed by atoms with Crippen molar-refractivity contribution in [1.82, 2.24) is 0 Å². The highest BCUT2D eigenvalue weighted by Crippen LogP contribution is 2.38. The molecule has 0 amide bonds. The Morgan fingerprint density at radius 1 is 0.789 bits per heavy atom. The fourth-order valence-corrected chi connectivity index (χ4v) is 12.2. The highest BCUT2D eigenvalue weighted by atomic mass is 28.4. The van der Waals surface area contributed by atoms with Crippen LogP contribution in [0.15, 0.2) is 0 Å². The molecule has 2 nitrogen and oxygen atoms in total.